The minimum Gasteiger partial charge on any atom is -0.494 e. The first-order chi connectivity index (χ1) is 10.1. The number of imidazole rings is 1. The predicted molar refractivity (Wildman–Crippen MR) is 75.5 cm³/mol. The summed E-state index contributed by atoms with van der Waals surface area (Å²) < 4.78 is 22.4. The van der Waals surface area contributed by atoms with Crippen LogP contribution in [0.15, 0.2) is 18.5 Å². The van der Waals surface area contributed by atoms with Crippen molar-refractivity contribution in [2.24, 2.45) is 0 Å². The summed E-state index contributed by atoms with van der Waals surface area (Å²) in [5.41, 5.74) is 7.11. The van der Waals surface area contributed by atoms with E-state index in [1.807, 2.05) is 11.5 Å². The maximum absolute atomic E-state index is 13.7. The molecule has 21 heavy (non-hydrogen) atoms. The summed E-state index contributed by atoms with van der Waals surface area (Å²) in [7, 11) is 1.42. The van der Waals surface area contributed by atoms with Crippen molar-refractivity contribution < 1.29 is 9.13 Å². The summed E-state index contributed by atoms with van der Waals surface area (Å²) in [5.74, 6) is 0.738. The zero-order valence-corrected chi connectivity index (χ0v) is 11.7. The van der Waals surface area contributed by atoms with Gasteiger partial charge in [-0.25, -0.2) is 9.37 Å². The van der Waals surface area contributed by atoms with Crippen molar-refractivity contribution in [1.29, 1.82) is 0 Å². The molecule has 0 unspecified atom stereocenters. The molecule has 0 amide bonds. The molecule has 0 aliphatic carbocycles. The van der Waals surface area contributed by atoms with Gasteiger partial charge in [-0.3, -0.25) is 0 Å². The molecule has 7 nitrogen and oxygen atoms in total. The minimum atomic E-state index is -0.466. The fraction of sp³-hybridized carbons (Fsp3) is 0.308. The summed E-state index contributed by atoms with van der Waals surface area (Å²) in [5, 5.41) is 7.96. The van der Waals surface area contributed by atoms with E-state index in [1.54, 1.807) is 17.0 Å². The van der Waals surface area contributed by atoms with Gasteiger partial charge >= 0.3 is 0 Å². The summed E-state index contributed by atoms with van der Waals surface area (Å²) in [6, 6.07) is 2.90. The topological polar surface area (TPSA) is 83.8 Å². The molecule has 8 heteroatoms. The molecule has 0 bridgehead atoms. The molecule has 3 rings (SSSR count). The highest BCUT2D eigenvalue weighted by atomic mass is 19.1. The lowest BCUT2D eigenvalue weighted by molar-refractivity contribution is 0.387. The number of benzene rings is 1. The van der Waals surface area contributed by atoms with E-state index >= 15 is 0 Å². The monoisotopic (exact) mass is 290 g/mol. The second-order valence-corrected chi connectivity index (χ2v) is 4.56. The average molecular weight is 290 g/mol. The van der Waals surface area contributed by atoms with E-state index in [1.165, 1.54) is 13.2 Å². The fourth-order valence-electron chi connectivity index (χ4n) is 2.27. The highest BCUT2D eigenvalue weighted by Crippen LogP contribution is 2.26. The van der Waals surface area contributed by atoms with Crippen molar-refractivity contribution >= 4 is 17.0 Å². The summed E-state index contributed by atoms with van der Waals surface area (Å²) in [6.07, 6.45) is 1.66. The van der Waals surface area contributed by atoms with Crippen molar-refractivity contribution in [2.75, 3.05) is 12.8 Å². The van der Waals surface area contributed by atoms with Crippen LogP contribution >= 0.6 is 0 Å². The number of halogens is 1. The van der Waals surface area contributed by atoms with Gasteiger partial charge in [-0.2, -0.15) is 0 Å². The van der Waals surface area contributed by atoms with Crippen LogP contribution in [0.2, 0.25) is 0 Å². The number of anilines is 1. The van der Waals surface area contributed by atoms with Gasteiger partial charge in [0.2, 0.25) is 5.95 Å². The highest BCUT2D eigenvalue weighted by molar-refractivity contribution is 5.80. The Morgan fingerprint density at radius 1 is 1.38 bits per heavy atom. The van der Waals surface area contributed by atoms with Crippen LogP contribution in [0.5, 0.6) is 5.75 Å². The van der Waals surface area contributed by atoms with Crippen LogP contribution in [0.25, 0.3) is 11.0 Å². The highest BCUT2D eigenvalue weighted by Gasteiger charge is 2.15. The smallest absolute Gasteiger partial charge is 0.201 e. The Kier molecular flexibility index (Phi) is 3.20. The van der Waals surface area contributed by atoms with E-state index in [2.05, 4.69) is 15.2 Å². The van der Waals surface area contributed by atoms with Gasteiger partial charge in [0, 0.05) is 18.7 Å². The molecule has 0 radical (unpaired) electrons. The minimum absolute atomic E-state index is 0.153. The van der Waals surface area contributed by atoms with Gasteiger partial charge in [-0.05, 0) is 6.92 Å². The fourth-order valence-corrected chi connectivity index (χ4v) is 2.27. The van der Waals surface area contributed by atoms with Crippen molar-refractivity contribution in [2.45, 2.75) is 20.0 Å². The number of nitrogen functional groups attached to an aromatic ring is 1. The maximum Gasteiger partial charge on any atom is 0.201 e. The third kappa shape index (κ3) is 2.18. The van der Waals surface area contributed by atoms with Gasteiger partial charge in [0.05, 0.1) is 24.7 Å². The Morgan fingerprint density at radius 2 is 2.19 bits per heavy atom. The Balaban J connectivity index is 2.11. The molecule has 2 aromatic heterocycles. The molecule has 0 saturated carbocycles. The lowest BCUT2D eigenvalue weighted by atomic mass is 10.3. The van der Waals surface area contributed by atoms with Crippen LogP contribution in [0, 0.1) is 5.82 Å². The standard InChI is InChI=1S/C13H15FN6O/c1-3-19-7-16-18-12(19)6-20-10-5-11(21-2)8(14)4-9(10)17-13(20)15/h4-5,7H,3,6H2,1-2H3,(H2,15,17). The van der Waals surface area contributed by atoms with Crippen LogP contribution in [0.4, 0.5) is 10.3 Å². The number of aromatic nitrogens is 5. The number of methoxy groups -OCH3 is 1. The Bertz CT molecular complexity index is 793. The number of ether oxygens (including phenoxy) is 1. The van der Waals surface area contributed by atoms with Gasteiger partial charge in [0.15, 0.2) is 17.4 Å². The molecule has 2 heterocycles. The number of fused-ring (bicyclic) bond motifs is 1. The lowest BCUT2D eigenvalue weighted by Gasteiger charge is -2.08. The van der Waals surface area contributed by atoms with Gasteiger partial charge < -0.3 is 19.6 Å². The molecule has 0 fully saturated rings. The van der Waals surface area contributed by atoms with Crippen molar-refractivity contribution in [3.8, 4) is 5.75 Å². The number of hydrogen-bond donors (Lipinski definition) is 1. The molecular weight excluding hydrogens is 275 g/mol. The molecular formula is C13H15FN6O. The number of nitrogens with zero attached hydrogens (tertiary/aromatic N) is 5. The maximum atomic E-state index is 13.7. The third-order valence-electron chi connectivity index (χ3n) is 3.39. The van der Waals surface area contributed by atoms with Crippen LogP contribution in [0.1, 0.15) is 12.7 Å². The SMILES string of the molecule is CCn1cnnc1Cn1c(N)nc2cc(F)c(OC)cc21. The molecule has 110 valence electrons. The molecule has 0 atom stereocenters. The molecule has 0 aliphatic rings. The molecule has 3 aromatic rings. The van der Waals surface area contributed by atoms with Gasteiger partial charge in [-0.15, -0.1) is 10.2 Å². The lowest BCUT2D eigenvalue weighted by Crippen LogP contribution is -2.10. The molecule has 1 aromatic carbocycles. The van der Waals surface area contributed by atoms with Gasteiger partial charge in [-0.1, -0.05) is 0 Å². The first-order valence-corrected chi connectivity index (χ1v) is 6.50. The van der Waals surface area contributed by atoms with Crippen molar-refractivity contribution in [3.63, 3.8) is 0 Å². The van der Waals surface area contributed by atoms with Gasteiger partial charge in [0.25, 0.3) is 0 Å². The molecule has 0 spiro atoms. The van der Waals surface area contributed by atoms with Crippen LogP contribution in [-0.2, 0) is 13.1 Å². The zero-order valence-electron chi connectivity index (χ0n) is 11.7. The second-order valence-electron chi connectivity index (χ2n) is 4.56. The number of aryl methyl sites for hydroxylation is 1. The number of rotatable bonds is 4. The van der Waals surface area contributed by atoms with Crippen LogP contribution in [-0.4, -0.2) is 31.4 Å². The number of nitrogens with two attached hydrogens (primary N) is 1. The first-order valence-electron chi connectivity index (χ1n) is 6.50. The van der Waals surface area contributed by atoms with E-state index in [0.29, 0.717) is 23.5 Å². The Labute approximate surface area is 120 Å². The Hall–Kier alpha value is -2.64. The average Bonchev–Trinajstić information content (AvgIpc) is 3.03. The van der Waals surface area contributed by atoms with E-state index in [9.17, 15) is 4.39 Å². The first kappa shape index (κ1) is 13.3. The molecule has 0 saturated heterocycles. The van der Waals surface area contributed by atoms with Crippen LogP contribution in [0.3, 0.4) is 0 Å². The van der Waals surface area contributed by atoms with E-state index in [-0.39, 0.29) is 5.75 Å². The molecule has 2 N–H and O–H groups in total. The second kappa shape index (κ2) is 5.04. The van der Waals surface area contributed by atoms with Gasteiger partial charge in [0.1, 0.15) is 6.33 Å². The van der Waals surface area contributed by atoms with Crippen molar-refractivity contribution in [1.82, 2.24) is 24.3 Å². The quantitative estimate of drug-likeness (QED) is 0.785. The van der Waals surface area contributed by atoms with Crippen molar-refractivity contribution in [3.05, 3.63) is 30.1 Å². The van der Waals surface area contributed by atoms with E-state index in [4.69, 9.17) is 10.5 Å². The number of hydrogen-bond acceptors (Lipinski definition) is 5. The van der Waals surface area contributed by atoms with Crippen LogP contribution < -0.4 is 10.5 Å². The summed E-state index contributed by atoms with van der Waals surface area (Å²) in [6.45, 7) is 3.17. The predicted octanol–water partition coefficient (Wildman–Crippen LogP) is 1.43. The van der Waals surface area contributed by atoms with E-state index in [0.717, 1.165) is 12.4 Å². The Morgan fingerprint density at radius 3 is 2.90 bits per heavy atom. The van der Waals surface area contributed by atoms with E-state index < -0.39 is 5.82 Å². The summed E-state index contributed by atoms with van der Waals surface area (Å²) >= 11 is 0. The normalized spacial score (nSPS) is 11.2. The third-order valence-corrected chi connectivity index (χ3v) is 3.39. The summed E-state index contributed by atoms with van der Waals surface area (Å²) in [4.78, 5) is 4.17. The largest absolute Gasteiger partial charge is 0.494 e. The molecule has 0 aliphatic heterocycles. The zero-order chi connectivity index (χ0) is 15.0.